The first-order chi connectivity index (χ1) is 8.86. The van der Waals surface area contributed by atoms with Crippen LogP contribution in [0, 0.1) is 13.8 Å². The van der Waals surface area contributed by atoms with E-state index in [1.54, 1.807) is 20.8 Å². The Balaban J connectivity index is 3.21. The summed E-state index contributed by atoms with van der Waals surface area (Å²) in [4.78, 5) is 37.7. The summed E-state index contributed by atoms with van der Waals surface area (Å²) in [6.45, 7) is 4.78. The van der Waals surface area contributed by atoms with Crippen molar-refractivity contribution < 1.29 is 19.4 Å². The second-order valence-corrected chi connectivity index (χ2v) is 4.01. The van der Waals surface area contributed by atoms with Gasteiger partial charge in [0.15, 0.2) is 0 Å². The molecule has 104 valence electrons. The van der Waals surface area contributed by atoms with Gasteiger partial charge in [-0.15, -0.1) is 0 Å². The van der Waals surface area contributed by atoms with E-state index < -0.39 is 17.6 Å². The lowest BCUT2D eigenvalue weighted by atomic mass is 10.1. The zero-order valence-corrected chi connectivity index (χ0v) is 11.1. The van der Waals surface area contributed by atoms with E-state index in [2.05, 4.69) is 4.98 Å². The van der Waals surface area contributed by atoms with Crippen molar-refractivity contribution >= 4 is 11.9 Å². The quantitative estimate of drug-likeness (QED) is 0.758. The minimum absolute atomic E-state index is 0.216. The zero-order chi connectivity index (χ0) is 14.6. The molecule has 0 aliphatic heterocycles. The molecule has 0 radical (unpaired) electrons. The summed E-state index contributed by atoms with van der Waals surface area (Å²) in [5.41, 5.74) is 0.645. The van der Waals surface area contributed by atoms with Crippen LogP contribution in [0.25, 0.3) is 0 Å². The highest BCUT2D eigenvalue weighted by atomic mass is 16.5. The molecular formula is C12H16N2O5. The Labute approximate surface area is 109 Å². The lowest BCUT2D eigenvalue weighted by molar-refractivity contribution is -0.144. The minimum atomic E-state index is -1.02. The fourth-order valence-corrected chi connectivity index (χ4v) is 1.77. The predicted octanol–water partition coefficient (Wildman–Crippen LogP) is 0.0503. The largest absolute Gasteiger partial charge is 0.481 e. The third kappa shape index (κ3) is 3.64. The molecule has 0 atom stereocenters. The van der Waals surface area contributed by atoms with Gasteiger partial charge < -0.3 is 9.84 Å². The van der Waals surface area contributed by atoms with Crippen LogP contribution < -0.4 is 5.69 Å². The van der Waals surface area contributed by atoms with Gasteiger partial charge in [-0.2, -0.15) is 4.98 Å². The third-order valence-electron chi connectivity index (χ3n) is 2.69. The second-order valence-electron chi connectivity index (χ2n) is 4.01. The number of aliphatic carboxylic acids is 1. The van der Waals surface area contributed by atoms with E-state index >= 15 is 0 Å². The van der Waals surface area contributed by atoms with E-state index in [0.29, 0.717) is 17.0 Å². The van der Waals surface area contributed by atoms with Crippen molar-refractivity contribution in [2.45, 2.75) is 33.7 Å². The van der Waals surface area contributed by atoms with Crippen LogP contribution in [-0.4, -0.2) is 33.2 Å². The molecule has 19 heavy (non-hydrogen) atoms. The van der Waals surface area contributed by atoms with Crippen LogP contribution in [0.4, 0.5) is 0 Å². The number of hydrogen-bond donors (Lipinski definition) is 1. The van der Waals surface area contributed by atoms with Gasteiger partial charge in [0, 0.05) is 17.0 Å². The Hall–Kier alpha value is -2.18. The number of hydrogen-bond acceptors (Lipinski definition) is 5. The van der Waals surface area contributed by atoms with Gasteiger partial charge in [0.2, 0.25) is 0 Å². The van der Waals surface area contributed by atoms with E-state index in [9.17, 15) is 14.4 Å². The molecule has 0 saturated carbocycles. The number of aromatic nitrogens is 2. The lowest BCUT2D eigenvalue weighted by Gasteiger charge is -2.13. The maximum Gasteiger partial charge on any atom is 0.348 e. The number of carboxylic acids is 1. The normalized spacial score (nSPS) is 10.3. The lowest BCUT2D eigenvalue weighted by Crippen LogP contribution is -2.31. The molecule has 1 aromatic rings. The summed E-state index contributed by atoms with van der Waals surface area (Å²) in [6.07, 6.45) is -0.242. The van der Waals surface area contributed by atoms with Crippen molar-refractivity contribution in [2.24, 2.45) is 0 Å². The van der Waals surface area contributed by atoms with Crippen LogP contribution in [0.2, 0.25) is 0 Å². The minimum Gasteiger partial charge on any atom is -0.481 e. The molecule has 1 rings (SSSR count). The van der Waals surface area contributed by atoms with Gasteiger partial charge in [0.05, 0.1) is 13.0 Å². The molecule has 7 heteroatoms. The van der Waals surface area contributed by atoms with Gasteiger partial charge in [-0.25, -0.2) is 4.79 Å². The van der Waals surface area contributed by atoms with E-state index in [4.69, 9.17) is 9.84 Å². The number of carbonyl (C=O) groups excluding carboxylic acids is 1. The van der Waals surface area contributed by atoms with Crippen molar-refractivity contribution in [3.8, 4) is 0 Å². The van der Waals surface area contributed by atoms with Crippen molar-refractivity contribution in [3.05, 3.63) is 27.4 Å². The highest BCUT2D eigenvalue weighted by Crippen LogP contribution is 2.10. The number of carboxylic acid groups (broad SMARTS) is 1. The van der Waals surface area contributed by atoms with Crippen molar-refractivity contribution in [1.29, 1.82) is 0 Å². The predicted molar refractivity (Wildman–Crippen MR) is 65.9 cm³/mol. The molecule has 0 bridgehead atoms. The molecular weight excluding hydrogens is 252 g/mol. The Morgan fingerprint density at radius 3 is 2.53 bits per heavy atom. The summed E-state index contributed by atoms with van der Waals surface area (Å²) in [5, 5.41) is 8.84. The first-order valence-electron chi connectivity index (χ1n) is 5.81. The molecule has 0 fully saturated rings. The number of aryl methyl sites for hydroxylation is 1. The first-order valence-corrected chi connectivity index (χ1v) is 5.81. The van der Waals surface area contributed by atoms with Gasteiger partial charge in [-0.1, -0.05) is 0 Å². The molecule has 0 aliphatic rings. The van der Waals surface area contributed by atoms with Gasteiger partial charge in [0.25, 0.3) is 0 Å². The molecule has 0 aromatic carbocycles. The maximum atomic E-state index is 11.7. The van der Waals surface area contributed by atoms with E-state index in [1.165, 1.54) is 0 Å². The average molecular weight is 268 g/mol. The van der Waals surface area contributed by atoms with Crippen molar-refractivity contribution in [1.82, 2.24) is 9.55 Å². The molecule has 1 aromatic heterocycles. The van der Waals surface area contributed by atoms with Crippen LogP contribution in [-0.2, 0) is 27.3 Å². The molecule has 0 unspecified atom stereocenters. The van der Waals surface area contributed by atoms with Gasteiger partial charge >= 0.3 is 17.6 Å². The monoisotopic (exact) mass is 268 g/mol. The number of carbonyl (C=O) groups is 2. The number of nitrogens with zero attached hydrogens (tertiary/aromatic N) is 2. The maximum absolute atomic E-state index is 11.7. The Bertz CT molecular complexity index is 562. The molecule has 1 N–H and O–H groups in total. The Morgan fingerprint density at radius 2 is 2.00 bits per heavy atom. The van der Waals surface area contributed by atoms with E-state index in [0.717, 1.165) is 4.57 Å². The summed E-state index contributed by atoms with van der Waals surface area (Å²) in [5.74, 6) is -1.58. The number of ether oxygens (including phenoxy) is 1. The molecule has 0 aliphatic carbocycles. The first kappa shape index (κ1) is 14.9. The molecule has 0 saturated heterocycles. The summed E-state index contributed by atoms with van der Waals surface area (Å²) in [6, 6.07) is 0. The van der Waals surface area contributed by atoms with Crippen LogP contribution in [0.5, 0.6) is 0 Å². The van der Waals surface area contributed by atoms with Crippen LogP contribution >= 0.6 is 0 Å². The van der Waals surface area contributed by atoms with Crippen molar-refractivity contribution in [3.63, 3.8) is 0 Å². The summed E-state index contributed by atoms with van der Waals surface area (Å²) < 4.78 is 5.89. The van der Waals surface area contributed by atoms with Gasteiger partial charge in [0.1, 0.15) is 6.54 Å². The van der Waals surface area contributed by atoms with Gasteiger partial charge in [-0.05, 0) is 20.8 Å². The van der Waals surface area contributed by atoms with Crippen LogP contribution in [0.1, 0.15) is 23.9 Å². The summed E-state index contributed by atoms with van der Waals surface area (Å²) >= 11 is 0. The average Bonchev–Trinajstić information content (AvgIpc) is 2.30. The number of rotatable bonds is 5. The number of esters is 1. The standard InChI is InChI=1S/C12H16N2O5/c1-4-19-11(17)6-14-8(3)9(5-10(15)16)7(2)13-12(14)18/h4-6H2,1-3H3,(H,15,16). The molecule has 1 heterocycles. The molecule has 0 spiro atoms. The van der Waals surface area contributed by atoms with Crippen LogP contribution in [0.3, 0.4) is 0 Å². The van der Waals surface area contributed by atoms with Crippen molar-refractivity contribution in [2.75, 3.05) is 6.61 Å². The summed E-state index contributed by atoms with van der Waals surface area (Å²) in [7, 11) is 0. The topological polar surface area (TPSA) is 98.5 Å². The van der Waals surface area contributed by atoms with E-state index in [1.807, 2.05) is 0 Å². The molecule has 7 nitrogen and oxygen atoms in total. The van der Waals surface area contributed by atoms with Crippen LogP contribution in [0.15, 0.2) is 4.79 Å². The Morgan fingerprint density at radius 1 is 1.37 bits per heavy atom. The highest BCUT2D eigenvalue weighted by Gasteiger charge is 2.16. The fourth-order valence-electron chi connectivity index (χ4n) is 1.77. The highest BCUT2D eigenvalue weighted by molar-refractivity contribution is 5.71. The van der Waals surface area contributed by atoms with Gasteiger partial charge in [-0.3, -0.25) is 14.2 Å². The molecule has 0 amide bonds. The smallest absolute Gasteiger partial charge is 0.348 e. The second kappa shape index (κ2) is 6.12. The SMILES string of the molecule is CCOC(=O)Cn1c(C)c(CC(=O)O)c(C)nc1=O. The third-order valence-corrected chi connectivity index (χ3v) is 2.69. The fraction of sp³-hybridized carbons (Fsp3) is 0.500. The van der Waals surface area contributed by atoms with E-state index in [-0.39, 0.29) is 19.6 Å². The zero-order valence-electron chi connectivity index (χ0n) is 11.1. The Kier molecular flexibility index (Phi) is 4.80.